The number of hydrogen-bond donors (Lipinski definition) is 0. The van der Waals surface area contributed by atoms with Crippen molar-refractivity contribution in [2.75, 3.05) is 13.2 Å². The van der Waals surface area contributed by atoms with Crippen molar-refractivity contribution in [3.8, 4) is 11.5 Å². The highest BCUT2D eigenvalue weighted by molar-refractivity contribution is 7.79. The Bertz CT molecular complexity index is 747. The predicted octanol–water partition coefficient (Wildman–Crippen LogP) is 5.02. The van der Waals surface area contributed by atoms with Crippen LogP contribution in [0.5, 0.6) is 11.5 Å². The summed E-state index contributed by atoms with van der Waals surface area (Å²) in [7, 11) is -0.608. The summed E-state index contributed by atoms with van der Waals surface area (Å²) >= 11 is 0. The number of rotatable bonds is 9. The van der Waals surface area contributed by atoms with Crippen molar-refractivity contribution >= 4 is 23.8 Å². The van der Waals surface area contributed by atoms with Crippen LogP contribution in [-0.4, -0.2) is 13.2 Å². The molecule has 2 nitrogen and oxygen atoms in total. The first-order valence-electron chi connectivity index (χ1n) is 9.62. The first-order valence-corrected chi connectivity index (χ1v) is 11.0. The fourth-order valence-electron chi connectivity index (χ4n) is 2.85. The molecule has 0 atom stereocenters. The minimum atomic E-state index is -0.608. The Kier molecular flexibility index (Phi) is 7.30. The van der Waals surface area contributed by atoms with Crippen LogP contribution in [0, 0.1) is 0 Å². The minimum Gasteiger partial charge on any atom is -0.494 e. The van der Waals surface area contributed by atoms with E-state index in [-0.39, 0.29) is 0 Å². The molecular formula is C24H27O2P. The summed E-state index contributed by atoms with van der Waals surface area (Å²) in [6, 6.07) is 27.9. The van der Waals surface area contributed by atoms with Crippen LogP contribution in [0.4, 0.5) is 0 Å². The van der Waals surface area contributed by atoms with Gasteiger partial charge in [0, 0.05) is 0 Å². The molecule has 0 aliphatic carbocycles. The first kappa shape index (κ1) is 19.5. The summed E-state index contributed by atoms with van der Waals surface area (Å²) in [5.74, 6) is 1.87. The van der Waals surface area contributed by atoms with E-state index < -0.39 is 7.92 Å². The number of ether oxygens (including phenoxy) is 2. The third-order valence-corrected chi connectivity index (χ3v) is 6.59. The Labute approximate surface area is 163 Å². The monoisotopic (exact) mass is 378 g/mol. The van der Waals surface area contributed by atoms with Gasteiger partial charge in [0.1, 0.15) is 11.5 Å². The van der Waals surface area contributed by atoms with Gasteiger partial charge in [-0.25, -0.2) is 0 Å². The van der Waals surface area contributed by atoms with Gasteiger partial charge in [-0.3, -0.25) is 0 Å². The summed E-state index contributed by atoms with van der Waals surface area (Å²) < 4.78 is 11.5. The normalized spacial score (nSPS) is 10.8. The van der Waals surface area contributed by atoms with Crippen LogP contribution in [-0.2, 0) is 0 Å². The lowest BCUT2D eigenvalue weighted by Crippen LogP contribution is -2.20. The van der Waals surface area contributed by atoms with Crippen molar-refractivity contribution in [3.05, 3.63) is 78.9 Å². The molecule has 3 rings (SSSR count). The molecule has 0 fully saturated rings. The van der Waals surface area contributed by atoms with Gasteiger partial charge in [0.05, 0.1) is 13.2 Å². The van der Waals surface area contributed by atoms with E-state index in [0.29, 0.717) is 0 Å². The second-order valence-corrected chi connectivity index (χ2v) is 8.58. The van der Waals surface area contributed by atoms with Crippen molar-refractivity contribution in [1.82, 2.24) is 0 Å². The van der Waals surface area contributed by atoms with Crippen LogP contribution < -0.4 is 25.4 Å². The van der Waals surface area contributed by atoms with Crippen LogP contribution in [0.3, 0.4) is 0 Å². The van der Waals surface area contributed by atoms with E-state index in [0.717, 1.165) is 37.6 Å². The maximum atomic E-state index is 5.75. The van der Waals surface area contributed by atoms with E-state index in [9.17, 15) is 0 Å². The molecule has 3 heteroatoms. The molecule has 0 heterocycles. The average molecular weight is 378 g/mol. The average Bonchev–Trinajstić information content (AvgIpc) is 2.73. The van der Waals surface area contributed by atoms with Gasteiger partial charge in [0.25, 0.3) is 0 Å². The first-order chi connectivity index (χ1) is 13.3. The van der Waals surface area contributed by atoms with Crippen LogP contribution in [0.15, 0.2) is 78.9 Å². The zero-order valence-corrected chi connectivity index (χ0v) is 17.0. The molecule has 0 saturated heterocycles. The zero-order valence-electron chi connectivity index (χ0n) is 16.1. The van der Waals surface area contributed by atoms with Crippen molar-refractivity contribution in [2.24, 2.45) is 0 Å². The van der Waals surface area contributed by atoms with Crippen LogP contribution in [0.25, 0.3) is 0 Å². The highest BCUT2D eigenvalue weighted by Crippen LogP contribution is 2.33. The molecule has 0 amide bonds. The largest absolute Gasteiger partial charge is 0.494 e. The van der Waals surface area contributed by atoms with Crippen molar-refractivity contribution in [2.45, 2.75) is 26.7 Å². The third-order valence-electron chi connectivity index (χ3n) is 4.15. The van der Waals surface area contributed by atoms with E-state index in [4.69, 9.17) is 9.47 Å². The van der Waals surface area contributed by atoms with E-state index >= 15 is 0 Å². The summed E-state index contributed by atoms with van der Waals surface area (Å²) in [4.78, 5) is 0. The molecule has 140 valence electrons. The minimum absolute atomic E-state index is 0.608. The molecule has 0 bridgehead atoms. The lowest BCUT2D eigenvalue weighted by molar-refractivity contribution is 0.317. The lowest BCUT2D eigenvalue weighted by atomic mass is 10.3. The molecule has 0 unspecified atom stereocenters. The lowest BCUT2D eigenvalue weighted by Gasteiger charge is -2.20. The standard InChI is InChI=1S/C24H27O2P/c1-3-18-25-20-10-14-23(15-11-20)27(22-8-6-5-7-9-22)24-16-12-21(13-17-24)26-19-4-2/h5-17H,3-4,18-19H2,1-2H3. The summed E-state index contributed by atoms with van der Waals surface area (Å²) in [6.07, 6.45) is 2.04. The van der Waals surface area contributed by atoms with Crippen molar-refractivity contribution < 1.29 is 9.47 Å². The van der Waals surface area contributed by atoms with Gasteiger partial charge in [0.2, 0.25) is 0 Å². The van der Waals surface area contributed by atoms with E-state index in [1.54, 1.807) is 0 Å². The molecule has 0 aliphatic rings. The molecule has 0 N–H and O–H groups in total. The molecule has 3 aromatic carbocycles. The van der Waals surface area contributed by atoms with E-state index in [1.165, 1.54) is 15.9 Å². The quantitative estimate of drug-likeness (QED) is 0.487. The molecule has 0 spiro atoms. The highest BCUT2D eigenvalue weighted by Gasteiger charge is 2.16. The summed E-state index contributed by atoms with van der Waals surface area (Å²) in [6.45, 7) is 5.76. The Hall–Kier alpha value is -2.31. The number of benzene rings is 3. The topological polar surface area (TPSA) is 18.5 Å². The Morgan fingerprint density at radius 2 is 0.963 bits per heavy atom. The Balaban J connectivity index is 1.90. The van der Waals surface area contributed by atoms with Gasteiger partial charge in [-0.2, -0.15) is 0 Å². The molecule has 3 aromatic rings. The molecule has 27 heavy (non-hydrogen) atoms. The van der Waals surface area contributed by atoms with Crippen LogP contribution in [0.1, 0.15) is 26.7 Å². The third kappa shape index (κ3) is 5.34. The van der Waals surface area contributed by atoms with Gasteiger partial charge in [-0.1, -0.05) is 68.4 Å². The summed E-state index contributed by atoms with van der Waals surface area (Å²) in [5.41, 5.74) is 0. The SMILES string of the molecule is CCCOc1ccc(P(c2ccccc2)c2ccc(OCCC)cc2)cc1. The van der Waals surface area contributed by atoms with Crippen molar-refractivity contribution in [1.29, 1.82) is 0 Å². The predicted molar refractivity (Wildman–Crippen MR) is 117 cm³/mol. The van der Waals surface area contributed by atoms with Gasteiger partial charge < -0.3 is 9.47 Å². The maximum absolute atomic E-state index is 5.75. The Morgan fingerprint density at radius 1 is 0.556 bits per heavy atom. The molecule has 0 aromatic heterocycles. The van der Waals surface area contributed by atoms with Gasteiger partial charge in [0.15, 0.2) is 0 Å². The molecule has 0 saturated carbocycles. The zero-order chi connectivity index (χ0) is 18.9. The fraction of sp³-hybridized carbons (Fsp3) is 0.250. The van der Waals surface area contributed by atoms with Crippen LogP contribution in [0.2, 0.25) is 0 Å². The second-order valence-electron chi connectivity index (χ2n) is 6.36. The van der Waals surface area contributed by atoms with E-state index in [2.05, 4.69) is 92.7 Å². The van der Waals surface area contributed by atoms with Gasteiger partial charge in [-0.05, 0) is 60.9 Å². The van der Waals surface area contributed by atoms with Crippen LogP contribution >= 0.6 is 7.92 Å². The number of hydrogen-bond acceptors (Lipinski definition) is 2. The smallest absolute Gasteiger partial charge is 0.119 e. The van der Waals surface area contributed by atoms with Gasteiger partial charge in [-0.15, -0.1) is 0 Å². The molecule has 0 aliphatic heterocycles. The van der Waals surface area contributed by atoms with Gasteiger partial charge >= 0.3 is 0 Å². The molecular weight excluding hydrogens is 351 g/mol. The summed E-state index contributed by atoms with van der Waals surface area (Å²) in [5, 5.41) is 3.99. The molecule has 0 radical (unpaired) electrons. The Morgan fingerprint density at radius 3 is 1.37 bits per heavy atom. The highest BCUT2D eigenvalue weighted by atomic mass is 31.1. The second kappa shape index (κ2) is 10.1. The fourth-order valence-corrected chi connectivity index (χ4v) is 5.11. The van der Waals surface area contributed by atoms with Crippen molar-refractivity contribution in [3.63, 3.8) is 0 Å². The maximum Gasteiger partial charge on any atom is 0.119 e. The van der Waals surface area contributed by atoms with E-state index in [1.807, 2.05) is 0 Å².